The van der Waals surface area contributed by atoms with Gasteiger partial charge in [-0.1, -0.05) is 17.1 Å². The van der Waals surface area contributed by atoms with E-state index in [1.165, 1.54) is 12.1 Å². The Morgan fingerprint density at radius 3 is 3.17 bits per heavy atom. The van der Waals surface area contributed by atoms with Gasteiger partial charge in [0.15, 0.2) is 0 Å². The molecule has 0 amide bonds. The summed E-state index contributed by atoms with van der Waals surface area (Å²) in [5.41, 5.74) is 1.35. The summed E-state index contributed by atoms with van der Waals surface area (Å²) in [7, 11) is 0. The van der Waals surface area contributed by atoms with Gasteiger partial charge in [-0.15, -0.1) is 0 Å². The average Bonchev–Trinajstić information content (AvgIpc) is 2.49. The summed E-state index contributed by atoms with van der Waals surface area (Å²) in [5, 5.41) is 10.3. The first kappa shape index (κ1) is 6.78. The fourth-order valence-electron chi connectivity index (χ4n) is 0.980. The van der Waals surface area contributed by atoms with Gasteiger partial charge in [0.25, 0.3) is 5.69 Å². The van der Waals surface area contributed by atoms with Crippen LogP contribution in [0.15, 0.2) is 18.2 Å². The van der Waals surface area contributed by atoms with Crippen molar-refractivity contribution in [1.29, 1.82) is 0 Å². The Bertz CT molecular complexity index is 435. The van der Waals surface area contributed by atoms with Gasteiger partial charge in [-0.2, -0.15) is 0 Å². The van der Waals surface area contributed by atoms with Crippen LogP contribution in [-0.4, -0.2) is 14.9 Å². The lowest BCUT2D eigenvalue weighted by Gasteiger charge is -1.96. The Morgan fingerprint density at radius 1 is 1.58 bits per heavy atom. The minimum Gasteiger partial charge on any atom is -0.461 e. The van der Waals surface area contributed by atoms with E-state index in [1.807, 2.05) is 0 Å². The number of nitrogens with one attached hydrogen (secondary N) is 1. The van der Waals surface area contributed by atoms with E-state index in [4.69, 9.17) is 0 Å². The quantitative estimate of drug-likeness (QED) is 0.390. The number of nitrogens with zero attached hydrogens (tertiary/aromatic N) is 2. The molecule has 0 unspecified atom stereocenters. The lowest BCUT2D eigenvalue weighted by atomic mass is 10.3. The summed E-state index contributed by atoms with van der Waals surface area (Å²) in [5.74, 6) is 0. The predicted molar refractivity (Wildman–Crippen MR) is 41.6 cm³/mol. The Balaban J connectivity index is 2.68. The molecule has 0 aliphatic heterocycles. The van der Waals surface area contributed by atoms with Crippen LogP contribution in [0.4, 0.5) is 5.69 Å². The van der Waals surface area contributed by atoms with Crippen molar-refractivity contribution in [2.24, 2.45) is 0 Å². The minimum atomic E-state index is -0.450. The third-order valence-corrected chi connectivity index (χ3v) is 1.56. The van der Waals surface area contributed by atoms with E-state index in [0.29, 0.717) is 5.52 Å². The van der Waals surface area contributed by atoms with Gasteiger partial charge in [-0.05, 0) is 12.4 Å². The number of rotatable bonds is 1. The van der Waals surface area contributed by atoms with Crippen molar-refractivity contribution in [3.8, 4) is 0 Å². The molecule has 1 aromatic heterocycles. The molecule has 2 aromatic rings. The van der Waals surface area contributed by atoms with Crippen LogP contribution in [-0.2, 0) is 0 Å². The van der Waals surface area contributed by atoms with Gasteiger partial charge in [-0.25, -0.2) is 0 Å². The second-order valence-electron chi connectivity index (χ2n) is 2.31. The summed E-state index contributed by atoms with van der Waals surface area (Å²) in [6, 6.07) is 4.44. The van der Waals surface area contributed by atoms with E-state index < -0.39 is 4.92 Å². The summed E-state index contributed by atoms with van der Waals surface area (Å²) >= 11 is 0. The Kier molecular flexibility index (Phi) is 1.30. The van der Waals surface area contributed by atoms with Crippen LogP contribution < -0.4 is 0 Å². The number of aromatic nitrogens is 2. The maximum atomic E-state index is 10.3. The summed E-state index contributed by atoms with van der Waals surface area (Å²) in [6.07, 6.45) is 2.51. The van der Waals surface area contributed by atoms with Gasteiger partial charge < -0.3 is 9.97 Å². The highest BCUT2D eigenvalue weighted by Crippen LogP contribution is 2.16. The molecule has 0 saturated heterocycles. The van der Waals surface area contributed by atoms with Crippen molar-refractivity contribution in [2.45, 2.75) is 0 Å². The molecule has 1 heterocycles. The lowest BCUT2D eigenvalue weighted by molar-refractivity contribution is -0.384. The third kappa shape index (κ3) is 0.914. The Hall–Kier alpha value is -1.91. The number of non-ortho nitro benzene ring substituents is 1. The van der Waals surface area contributed by atoms with Crippen LogP contribution in [0.25, 0.3) is 11.0 Å². The van der Waals surface area contributed by atoms with Crippen LogP contribution in [0, 0.1) is 16.4 Å². The monoisotopic (exact) mass is 162 g/mol. The van der Waals surface area contributed by atoms with Gasteiger partial charge in [0, 0.05) is 6.07 Å². The van der Waals surface area contributed by atoms with Crippen LogP contribution in [0.3, 0.4) is 0 Å². The maximum absolute atomic E-state index is 10.3. The first-order chi connectivity index (χ1) is 5.77. The predicted octanol–water partition coefficient (Wildman–Crippen LogP) is 1.27. The SMILES string of the molecule is O=[N+]([O-])c1ccc2[nH][c-]nc2c1. The number of hydrogen-bond donors (Lipinski definition) is 1. The van der Waals surface area contributed by atoms with Crippen molar-refractivity contribution in [1.82, 2.24) is 9.97 Å². The lowest BCUT2D eigenvalue weighted by Crippen LogP contribution is -1.86. The molecule has 12 heavy (non-hydrogen) atoms. The van der Waals surface area contributed by atoms with Crippen LogP contribution in [0.2, 0.25) is 0 Å². The summed E-state index contributed by atoms with van der Waals surface area (Å²) in [6.45, 7) is 0. The van der Waals surface area contributed by atoms with Crippen LogP contribution in [0.1, 0.15) is 0 Å². The zero-order valence-corrected chi connectivity index (χ0v) is 5.94. The molecule has 0 atom stereocenters. The number of imidazole rings is 1. The number of nitro benzene ring substituents is 1. The first-order valence-electron chi connectivity index (χ1n) is 3.27. The molecule has 5 nitrogen and oxygen atoms in total. The van der Waals surface area contributed by atoms with E-state index >= 15 is 0 Å². The number of nitro groups is 1. The molecule has 0 bridgehead atoms. The number of hydrogen-bond acceptors (Lipinski definition) is 3. The largest absolute Gasteiger partial charge is 0.461 e. The standard InChI is InChI=1S/C7H4N3O2/c11-10(12)5-1-2-6-7(3-5)9-4-8-6/h1-3H,(H,8,9)/q-1. The molecule has 0 spiro atoms. The molecule has 0 fully saturated rings. The molecule has 0 radical (unpaired) electrons. The topological polar surface area (TPSA) is 71.8 Å². The second kappa shape index (κ2) is 2.30. The third-order valence-electron chi connectivity index (χ3n) is 1.56. The van der Waals surface area contributed by atoms with E-state index in [-0.39, 0.29) is 5.69 Å². The van der Waals surface area contributed by atoms with E-state index in [9.17, 15) is 10.1 Å². The Labute approximate surface area is 67.2 Å². The fourth-order valence-corrected chi connectivity index (χ4v) is 0.980. The second-order valence-corrected chi connectivity index (χ2v) is 2.31. The summed E-state index contributed by atoms with van der Waals surface area (Å²) in [4.78, 5) is 16.4. The molecule has 60 valence electrons. The molecule has 5 heteroatoms. The van der Waals surface area contributed by atoms with Gasteiger partial charge in [0.05, 0.1) is 4.92 Å². The van der Waals surface area contributed by atoms with Crippen molar-refractivity contribution in [2.75, 3.05) is 0 Å². The average molecular weight is 162 g/mol. The molecule has 1 aromatic carbocycles. The van der Waals surface area contributed by atoms with Gasteiger partial charge in [-0.3, -0.25) is 10.1 Å². The highest BCUT2D eigenvalue weighted by atomic mass is 16.6. The minimum absolute atomic E-state index is 0.0444. The maximum Gasteiger partial charge on any atom is 0.257 e. The summed E-state index contributed by atoms with van der Waals surface area (Å²) < 4.78 is 0. The van der Waals surface area contributed by atoms with Crippen molar-refractivity contribution >= 4 is 16.7 Å². The van der Waals surface area contributed by atoms with Crippen molar-refractivity contribution < 1.29 is 4.92 Å². The smallest absolute Gasteiger partial charge is 0.257 e. The van der Waals surface area contributed by atoms with E-state index in [1.54, 1.807) is 6.07 Å². The van der Waals surface area contributed by atoms with Crippen LogP contribution >= 0.6 is 0 Å². The van der Waals surface area contributed by atoms with Gasteiger partial charge in [0.1, 0.15) is 0 Å². The van der Waals surface area contributed by atoms with Gasteiger partial charge in [0.2, 0.25) is 0 Å². The number of aromatic amines is 1. The van der Waals surface area contributed by atoms with Crippen molar-refractivity contribution in [3.05, 3.63) is 34.6 Å². The molecule has 0 aliphatic rings. The molecular weight excluding hydrogens is 158 g/mol. The van der Waals surface area contributed by atoms with Crippen LogP contribution in [0.5, 0.6) is 0 Å². The number of fused-ring (bicyclic) bond motifs is 1. The zero-order chi connectivity index (χ0) is 8.55. The molecule has 0 saturated carbocycles. The highest BCUT2D eigenvalue weighted by molar-refractivity contribution is 5.76. The Morgan fingerprint density at radius 2 is 2.42 bits per heavy atom. The molecule has 2 rings (SSSR count). The fraction of sp³-hybridized carbons (Fsp3) is 0. The van der Waals surface area contributed by atoms with Crippen molar-refractivity contribution in [3.63, 3.8) is 0 Å². The first-order valence-corrected chi connectivity index (χ1v) is 3.27. The van der Waals surface area contributed by atoms with Gasteiger partial charge >= 0.3 is 0 Å². The van der Waals surface area contributed by atoms with E-state index in [2.05, 4.69) is 16.3 Å². The molecule has 0 aliphatic carbocycles. The molecular formula is C7H4N3O2-. The highest BCUT2D eigenvalue weighted by Gasteiger charge is 2.01. The van der Waals surface area contributed by atoms with E-state index in [0.717, 1.165) is 5.52 Å². The molecule has 1 N–H and O–H groups in total. The normalized spacial score (nSPS) is 10.3. The number of benzene rings is 1. The zero-order valence-electron chi connectivity index (χ0n) is 5.94. The number of H-pyrrole nitrogens is 1.